The predicted molar refractivity (Wildman–Crippen MR) is 95.7 cm³/mol. The van der Waals surface area contributed by atoms with E-state index in [0.717, 1.165) is 6.42 Å². The van der Waals surface area contributed by atoms with Gasteiger partial charge < -0.3 is 0 Å². The average molecular weight is 390 g/mol. The van der Waals surface area contributed by atoms with Gasteiger partial charge in [0, 0.05) is 28.4 Å². The third-order valence-electron chi connectivity index (χ3n) is 6.07. The zero-order chi connectivity index (χ0) is 17.8. The lowest BCUT2D eigenvalue weighted by Gasteiger charge is -2.36. The van der Waals surface area contributed by atoms with Crippen molar-refractivity contribution in [1.82, 2.24) is 4.72 Å². The standard InChI is InChI=1S/C17H21Cl2NO3S/c1-16(2)12-5-6-17(16,15(21)7-12)10-24(22,23)20-9-11-3-4-13(18)8-14(11)19/h3-4,8,12,20H,5-7,9-10H2,1-2H3/t12-,17+/m0/s1. The number of hydrogen-bond acceptors (Lipinski definition) is 3. The summed E-state index contributed by atoms with van der Waals surface area (Å²) in [7, 11) is -3.60. The van der Waals surface area contributed by atoms with Gasteiger partial charge in [0.25, 0.3) is 0 Å². The minimum absolute atomic E-state index is 0.0897. The summed E-state index contributed by atoms with van der Waals surface area (Å²) in [5.74, 6) is 0.248. The molecule has 1 aromatic rings. The second-order valence-corrected chi connectivity index (χ2v) is 10.1. The first-order valence-corrected chi connectivity index (χ1v) is 10.4. The van der Waals surface area contributed by atoms with Crippen LogP contribution in [0, 0.1) is 16.7 Å². The fourth-order valence-corrected chi connectivity index (χ4v) is 6.62. The largest absolute Gasteiger partial charge is 0.299 e. The summed E-state index contributed by atoms with van der Waals surface area (Å²) in [6.45, 7) is 4.15. The van der Waals surface area contributed by atoms with Crippen molar-refractivity contribution in [2.24, 2.45) is 16.7 Å². The molecular formula is C17H21Cl2NO3S. The van der Waals surface area contributed by atoms with E-state index in [1.165, 1.54) is 0 Å². The van der Waals surface area contributed by atoms with E-state index < -0.39 is 15.4 Å². The van der Waals surface area contributed by atoms with Gasteiger partial charge in [-0.1, -0.05) is 43.1 Å². The molecule has 2 saturated carbocycles. The van der Waals surface area contributed by atoms with Crippen molar-refractivity contribution >= 4 is 39.0 Å². The molecule has 0 aliphatic heterocycles. The molecular weight excluding hydrogens is 369 g/mol. The highest BCUT2D eigenvalue weighted by Crippen LogP contribution is 2.64. The number of hydrogen-bond donors (Lipinski definition) is 1. The zero-order valence-electron chi connectivity index (χ0n) is 13.7. The van der Waals surface area contributed by atoms with Gasteiger partial charge in [0.15, 0.2) is 0 Å². The lowest BCUT2D eigenvalue weighted by atomic mass is 9.70. The van der Waals surface area contributed by atoms with Crippen molar-refractivity contribution in [3.05, 3.63) is 33.8 Å². The smallest absolute Gasteiger partial charge is 0.212 e. The van der Waals surface area contributed by atoms with E-state index in [-0.39, 0.29) is 23.5 Å². The Morgan fingerprint density at radius 2 is 2.00 bits per heavy atom. The molecule has 0 spiro atoms. The molecule has 0 saturated heterocycles. The lowest BCUT2D eigenvalue weighted by Crippen LogP contribution is -2.45. The van der Waals surface area contributed by atoms with E-state index in [9.17, 15) is 13.2 Å². The van der Waals surface area contributed by atoms with E-state index in [4.69, 9.17) is 23.2 Å². The summed E-state index contributed by atoms with van der Waals surface area (Å²) in [5, 5.41) is 0.919. The molecule has 0 heterocycles. The lowest BCUT2D eigenvalue weighted by molar-refractivity contribution is -0.128. The molecule has 24 heavy (non-hydrogen) atoms. The number of benzene rings is 1. The van der Waals surface area contributed by atoms with Crippen LogP contribution in [-0.2, 0) is 21.4 Å². The first-order valence-electron chi connectivity index (χ1n) is 8.02. The van der Waals surface area contributed by atoms with Crippen LogP contribution in [0.15, 0.2) is 18.2 Å². The van der Waals surface area contributed by atoms with Gasteiger partial charge in [-0.2, -0.15) is 0 Å². The third kappa shape index (κ3) is 2.90. The van der Waals surface area contributed by atoms with Gasteiger partial charge in [0.05, 0.1) is 5.75 Å². The Hall–Kier alpha value is -0.620. The molecule has 2 aliphatic carbocycles. The molecule has 3 rings (SSSR count). The summed E-state index contributed by atoms with van der Waals surface area (Å²) in [6.07, 6.45) is 2.09. The maximum Gasteiger partial charge on any atom is 0.212 e. The first-order chi connectivity index (χ1) is 11.1. The van der Waals surface area contributed by atoms with Crippen molar-refractivity contribution in [2.75, 3.05) is 5.75 Å². The Morgan fingerprint density at radius 3 is 2.54 bits per heavy atom. The van der Waals surface area contributed by atoms with Crippen LogP contribution in [0.4, 0.5) is 0 Å². The Kier molecular flexibility index (Phi) is 4.53. The molecule has 1 N–H and O–H groups in total. The van der Waals surface area contributed by atoms with Crippen LogP contribution in [0.1, 0.15) is 38.7 Å². The Bertz CT molecular complexity index is 791. The van der Waals surface area contributed by atoms with Gasteiger partial charge in [-0.15, -0.1) is 0 Å². The molecule has 4 nitrogen and oxygen atoms in total. The maximum absolute atomic E-state index is 12.6. The summed E-state index contributed by atoms with van der Waals surface area (Å²) in [4.78, 5) is 12.5. The minimum atomic E-state index is -3.60. The van der Waals surface area contributed by atoms with Crippen LogP contribution >= 0.6 is 23.2 Å². The molecule has 0 radical (unpaired) electrons. The van der Waals surface area contributed by atoms with Crippen molar-refractivity contribution in [2.45, 2.75) is 39.7 Å². The number of fused-ring (bicyclic) bond motifs is 2. The second kappa shape index (κ2) is 5.97. The first kappa shape index (κ1) is 18.2. The van der Waals surface area contributed by atoms with Gasteiger partial charge in [0.1, 0.15) is 5.78 Å². The van der Waals surface area contributed by atoms with Crippen molar-refractivity contribution < 1.29 is 13.2 Å². The SMILES string of the molecule is CC1(C)[C@H]2CC[C@@]1(CS(=O)(=O)NCc1ccc(Cl)cc1Cl)C(=O)C2. The van der Waals surface area contributed by atoms with E-state index in [2.05, 4.69) is 4.72 Å². The topological polar surface area (TPSA) is 63.2 Å². The monoisotopic (exact) mass is 389 g/mol. The van der Waals surface area contributed by atoms with Crippen LogP contribution in [0.3, 0.4) is 0 Å². The van der Waals surface area contributed by atoms with Gasteiger partial charge in [0.2, 0.25) is 10.0 Å². The van der Waals surface area contributed by atoms with Gasteiger partial charge in [-0.3, -0.25) is 4.79 Å². The highest BCUT2D eigenvalue weighted by atomic mass is 35.5. The number of carbonyl (C=O) groups excluding carboxylic acids is 1. The normalized spacial score (nSPS) is 28.5. The third-order valence-corrected chi connectivity index (χ3v) is 8.12. The number of Topliss-reactive ketones (excluding diaryl/α,β-unsaturated/α-hetero) is 1. The van der Waals surface area contributed by atoms with Crippen LogP contribution in [0.2, 0.25) is 10.0 Å². The Labute approximate surface area is 153 Å². The molecule has 7 heteroatoms. The minimum Gasteiger partial charge on any atom is -0.299 e. The van der Waals surface area contributed by atoms with Crippen molar-refractivity contribution in [3.63, 3.8) is 0 Å². The highest BCUT2D eigenvalue weighted by Gasteiger charge is 2.65. The second-order valence-electron chi connectivity index (χ2n) is 7.48. The van der Waals surface area contributed by atoms with Crippen LogP contribution < -0.4 is 4.72 Å². The van der Waals surface area contributed by atoms with Gasteiger partial charge >= 0.3 is 0 Å². The molecule has 2 aliphatic rings. The molecule has 1 aromatic carbocycles. The summed E-state index contributed by atoms with van der Waals surface area (Å²) < 4.78 is 27.8. The molecule has 0 amide bonds. The fraction of sp³-hybridized carbons (Fsp3) is 0.588. The molecule has 2 fully saturated rings. The van der Waals surface area contributed by atoms with Gasteiger partial charge in [-0.25, -0.2) is 13.1 Å². The average Bonchev–Trinajstić information content (AvgIpc) is 2.80. The van der Waals surface area contributed by atoms with E-state index in [1.54, 1.807) is 18.2 Å². The summed E-state index contributed by atoms with van der Waals surface area (Å²) in [6, 6.07) is 4.94. The van der Waals surface area contributed by atoms with E-state index >= 15 is 0 Å². The number of ketones is 1. The predicted octanol–water partition coefficient (Wildman–Crippen LogP) is 3.81. The van der Waals surface area contributed by atoms with Crippen molar-refractivity contribution in [1.29, 1.82) is 0 Å². The number of nitrogens with one attached hydrogen (secondary N) is 1. The van der Waals surface area contributed by atoms with Crippen LogP contribution in [0.5, 0.6) is 0 Å². The van der Waals surface area contributed by atoms with Crippen molar-refractivity contribution in [3.8, 4) is 0 Å². The number of sulfonamides is 1. The van der Waals surface area contributed by atoms with Crippen LogP contribution in [0.25, 0.3) is 0 Å². The highest BCUT2D eigenvalue weighted by molar-refractivity contribution is 7.89. The zero-order valence-corrected chi connectivity index (χ0v) is 16.1. The quantitative estimate of drug-likeness (QED) is 0.832. The Balaban J connectivity index is 1.76. The molecule has 0 aromatic heterocycles. The van der Waals surface area contributed by atoms with E-state index in [1.807, 2.05) is 13.8 Å². The number of rotatable bonds is 5. The molecule has 2 bridgehead atoms. The summed E-state index contributed by atoms with van der Waals surface area (Å²) in [5.41, 5.74) is -0.368. The molecule has 0 unspecified atom stereocenters. The number of halogens is 2. The van der Waals surface area contributed by atoms with Gasteiger partial charge in [-0.05, 0) is 41.9 Å². The van der Waals surface area contributed by atoms with Crippen LogP contribution in [-0.4, -0.2) is 20.0 Å². The number of carbonyl (C=O) groups is 1. The fourth-order valence-electron chi connectivity index (χ4n) is 4.34. The molecule has 132 valence electrons. The maximum atomic E-state index is 12.6. The Morgan fingerprint density at radius 1 is 1.29 bits per heavy atom. The van der Waals surface area contributed by atoms with E-state index in [0.29, 0.717) is 34.4 Å². The summed E-state index contributed by atoms with van der Waals surface area (Å²) >= 11 is 11.9. The molecule has 2 atom stereocenters.